The first kappa shape index (κ1) is 19.1. The quantitative estimate of drug-likeness (QED) is 0.718. The van der Waals surface area contributed by atoms with Crippen LogP contribution in [0.15, 0.2) is 30.6 Å². The summed E-state index contributed by atoms with van der Waals surface area (Å²) in [6, 6.07) is 7.02. The number of nitrogens with zero attached hydrogens (tertiary/aromatic N) is 3. The van der Waals surface area contributed by atoms with E-state index < -0.39 is 10.2 Å². The molecule has 0 bridgehead atoms. The Bertz CT molecular complexity index is 888. The number of aromatic nitrogens is 2. The molecule has 1 aliphatic rings. The zero-order valence-electron chi connectivity index (χ0n) is 13.3. The van der Waals surface area contributed by atoms with E-state index in [2.05, 4.69) is 20.0 Å². The van der Waals surface area contributed by atoms with Crippen LogP contribution in [0.3, 0.4) is 0 Å². The number of carbonyl (C=O) groups excluding carboxylic acids is 1. The molecule has 4 N–H and O–H groups in total. The number of benzene rings is 1. The standard InChI is InChI=1S/C14H16N6O3S.ClH/c1-20-7-11-12(16-8-17-13(11)19-14(20)21)10-4-2-9(3-5-10)6-18-24(15,22)23;/h2-5,8,18H,6-7H2,1H3,(H2,15,22,23)(H,16,17,19,21);1H. The van der Waals surface area contributed by atoms with Crippen LogP contribution in [-0.2, 0) is 23.3 Å². The molecule has 2 heterocycles. The van der Waals surface area contributed by atoms with Crippen molar-refractivity contribution in [2.24, 2.45) is 5.14 Å². The SMILES string of the molecule is CN1Cc2c(ncnc2-c2ccc(CNS(N)(=O)=O)cc2)NC1=O.Cl. The Hall–Kier alpha value is -2.27. The second-order valence-electron chi connectivity index (χ2n) is 5.40. The Morgan fingerprint density at radius 3 is 2.60 bits per heavy atom. The van der Waals surface area contributed by atoms with Crippen molar-refractivity contribution >= 4 is 34.5 Å². The minimum absolute atomic E-state index is 0. The molecule has 1 aromatic heterocycles. The second-order valence-corrected chi connectivity index (χ2v) is 6.78. The maximum atomic E-state index is 11.7. The number of amides is 2. The molecule has 0 atom stereocenters. The number of carbonyl (C=O) groups is 1. The van der Waals surface area contributed by atoms with E-state index in [0.717, 1.165) is 22.4 Å². The van der Waals surface area contributed by atoms with Crippen LogP contribution >= 0.6 is 12.4 Å². The van der Waals surface area contributed by atoms with Crippen molar-refractivity contribution in [3.8, 4) is 11.3 Å². The molecule has 0 unspecified atom stereocenters. The van der Waals surface area contributed by atoms with Crippen LogP contribution in [-0.4, -0.2) is 36.4 Å². The molecule has 0 saturated carbocycles. The average molecular weight is 385 g/mol. The van der Waals surface area contributed by atoms with Gasteiger partial charge in [-0.2, -0.15) is 13.1 Å². The van der Waals surface area contributed by atoms with Crippen LogP contribution in [0.25, 0.3) is 11.3 Å². The summed E-state index contributed by atoms with van der Waals surface area (Å²) in [6.07, 6.45) is 1.40. The fraction of sp³-hybridized carbons (Fsp3) is 0.214. The first-order valence-electron chi connectivity index (χ1n) is 7.06. The summed E-state index contributed by atoms with van der Waals surface area (Å²) in [6.45, 7) is 0.520. The normalized spacial score (nSPS) is 13.7. The van der Waals surface area contributed by atoms with Gasteiger partial charge in [-0.15, -0.1) is 12.4 Å². The average Bonchev–Trinajstić information content (AvgIpc) is 2.53. The topological polar surface area (TPSA) is 130 Å². The first-order valence-corrected chi connectivity index (χ1v) is 8.61. The minimum atomic E-state index is -3.72. The van der Waals surface area contributed by atoms with E-state index in [9.17, 15) is 13.2 Å². The molecule has 1 aromatic carbocycles. The number of nitrogens with two attached hydrogens (primary N) is 1. The molecular weight excluding hydrogens is 368 g/mol. The summed E-state index contributed by atoms with van der Waals surface area (Å²) in [5, 5.41) is 7.62. The van der Waals surface area contributed by atoms with Crippen LogP contribution in [0, 0.1) is 0 Å². The van der Waals surface area contributed by atoms with E-state index in [1.54, 1.807) is 24.1 Å². The minimum Gasteiger partial charge on any atom is -0.323 e. The maximum Gasteiger partial charge on any atom is 0.323 e. The second kappa shape index (κ2) is 7.31. The Morgan fingerprint density at radius 1 is 1.28 bits per heavy atom. The number of anilines is 1. The van der Waals surface area contributed by atoms with Crippen molar-refractivity contribution in [2.75, 3.05) is 12.4 Å². The highest BCUT2D eigenvalue weighted by molar-refractivity contribution is 7.87. The molecule has 25 heavy (non-hydrogen) atoms. The summed E-state index contributed by atoms with van der Waals surface area (Å²) in [4.78, 5) is 21.7. The zero-order valence-corrected chi connectivity index (χ0v) is 14.9. The van der Waals surface area contributed by atoms with Crippen molar-refractivity contribution < 1.29 is 13.2 Å². The molecule has 0 aliphatic carbocycles. The van der Waals surface area contributed by atoms with Crippen LogP contribution < -0.4 is 15.2 Å². The van der Waals surface area contributed by atoms with Gasteiger partial charge >= 0.3 is 6.03 Å². The van der Waals surface area contributed by atoms with Gasteiger partial charge in [-0.05, 0) is 5.56 Å². The molecule has 0 fully saturated rings. The molecule has 11 heteroatoms. The smallest absolute Gasteiger partial charge is 0.323 e. The maximum absolute atomic E-state index is 11.7. The van der Waals surface area contributed by atoms with E-state index in [1.165, 1.54) is 6.33 Å². The van der Waals surface area contributed by atoms with Gasteiger partial charge in [0.25, 0.3) is 10.2 Å². The Balaban J connectivity index is 0.00000225. The van der Waals surface area contributed by atoms with Gasteiger partial charge in [0.2, 0.25) is 0 Å². The van der Waals surface area contributed by atoms with Crippen molar-refractivity contribution in [1.82, 2.24) is 19.6 Å². The predicted octanol–water partition coefficient (Wildman–Crippen LogP) is 0.836. The van der Waals surface area contributed by atoms with Crippen LogP contribution in [0.2, 0.25) is 0 Å². The van der Waals surface area contributed by atoms with Gasteiger partial charge in [0.1, 0.15) is 12.1 Å². The van der Waals surface area contributed by atoms with E-state index in [0.29, 0.717) is 12.4 Å². The third-order valence-corrected chi connectivity index (χ3v) is 4.16. The number of hydrogen-bond acceptors (Lipinski definition) is 5. The number of halogens is 1. The highest BCUT2D eigenvalue weighted by atomic mass is 35.5. The van der Waals surface area contributed by atoms with E-state index in [1.807, 2.05) is 12.1 Å². The van der Waals surface area contributed by atoms with E-state index >= 15 is 0 Å². The molecule has 2 amide bonds. The lowest BCUT2D eigenvalue weighted by Gasteiger charge is -2.26. The lowest BCUT2D eigenvalue weighted by atomic mass is 10.0. The van der Waals surface area contributed by atoms with Crippen LogP contribution in [0.5, 0.6) is 0 Å². The highest BCUT2D eigenvalue weighted by Gasteiger charge is 2.24. The molecule has 3 rings (SSSR count). The van der Waals surface area contributed by atoms with Gasteiger partial charge in [-0.3, -0.25) is 5.32 Å². The number of hydrogen-bond donors (Lipinski definition) is 3. The molecule has 0 radical (unpaired) electrons. The van der Waals surface area contributed by atoms with Gasteiger partial charge in [0.05, 0.1) is 12.2 Å². The van der Waals surface area contributed by atoms with Gasteiger partial charge < -0.3 is 4.90 Å². The fourth-order valence-corrected chi connectivity index (χ4v) is 2.76. The Labute approximate surface area is 151 Å². The molecular formula is C14H17ClN6O3S. The first-order chi connectivity index (χ1) is 11.3. The Kier molecular flexibility index (Phi) is 5.58. The molecule has 2 aromatic rings. The summed E-state index contributed by atoms with van der Waals surface area (Å²) in [5.41, 5.74) is 3.16. The van der Waals surface area contributed by atoms with Gasteiger partial charge in [0, 0.05) is 24.7 Å². The third-order valence-electron chi connectivity index (χ3n) is 3.62. The Morgan fingerprint density at radius 2 is 1.96 bits per heavy atom. The largest absolute Gasteiger partial charge is 0.323 e. The fourth-order valence-electron chi connectivity index (χ4n) is 2.39. The highest BCUT2D eigenvalue weighted by Crippen LogP contribution is 2.29. The summed E-state index contributed by atoms with van der Waals surface area (Å²) >= 11 is 0. The van der Waals surface area contributed by atoms with Crippen LogP contribution in [0.1, 0.15) is 11.1 Å². The van der Waals surface area contributed by atoms with Crippen molar-refractivity contribution in [1.29, 1.82) is 0 Å². The predicted molar refractivity (Wildman–Crippen MR) is 95.1 cm³/mol. The molecule has 0 spiro atoms. The monoisotopic (exact) mass is 384 g/mol. The van der Waals surface area contributed by atoms with Crippen molar-refractivity contribution in [3.05, 3.63) is 41.7 Å². The van der Waals surface area contributed by atoms with Gasteiger partial charge in [-0.1, -0.05) is 24.3 Å². The number of fused-ring (bicyclic) bond motifs is 1. The summed E-state index contributed by atoms with van der Waals surface area (Å²) in [7, 11) is -2.03. The van der Waals surface area contributed by atoms with Crippen molar-refractivity contribution in [3.63, 3.8) is 0 Å². The molecule has 9 nitrogen and oxygen atoms in total. The van der Waals surface area contributed by atoms with Gasteiger partial charge in [0.15, 0.2) is 0 Å². The lowest BCUT2D eigenvalue weighted by Crippen LogP contribution is -2.36. The number of nitrogens with one attached hydrogen (secondary N) is 2. The number of urea groups is 1. The summed E-state index contributed by atoms with van der Waals surface area (Å²) < 4.78 is 24.1. The summed E-state index contributed by atoms with van der Waals surface area (Å²) in [5.74, 6) is 0.503. The lowest BCUT2D eigenvalue weighted by molar-refractivity contribution is 0.218. The molecule has 0 saturated heterocycles. The molecule has 134 valence electrons. The van der Waals surface area contributed by atoms with E-state index in [-0.39, 0.29) is 25.0 Å². The zero-order chi connectivity index (χ0) is 17.3. The van der Waals surface area contributed by atoms with Gasteiger partial charge in [-0.25, -0.2) is 19.9 Å². The number of rotatable bonds is 4. The van der Waals surface area contributed by atoms with Crippen LogP contribution in [0.4, 0.5) is 10.6 Å². The van der Waals surface area contributed by atoms with Crippen molar-refractivity contribution in [2.45, 2.75) is 13.1 Å². The van der Waals surface area contributed by atoms with E-state index in [4.69, 9.17) is 5.14 Å². The molecule has 1 aliphatic heterocycles. The third kappa shape index (κ3) is 4.42.